The van der Waals surface area contributed by atoms with Crippen LogP contribution in [0, 0.1) is 5.92 Å². The van der Waals surface area contributed by atoms with Crippen molar-refractivity contribution in [3.8, 4) is 11.1 Å². The molecule has 114 valence electrons. The number of nitrogens with zero attached hydrogens (tertiary/aromatic N) is 3. The molecule has 0 saturated heterocycles. The van der Waals surface area contributed by atoms with E-state index in [-0.39, 0.29) is 5.92 Å². The maximum atomic E-state index is 9.95. The molecule has 0 spiro atoms. The first-order chi connectivity index (χ1) is 10.5. The quantitative estimate of drug-likeness (QED) is 0.746. The number of rotatable bonds is 4. The van der Waals surface area contributed by atoms with Crippen molar-refractivity contribution in [1.82, 2.24) is 14.8 Å². The number of aliphatic hydroxyl groups is 1. The Bertz CT molecular complexity index is 797. The summed E-state index contributed by atoms with van der Waals surface area (Å²) in [7, 11) is 0. The highest BCUT2D eigenvalue weighted by molar-refractivity contribution is 6.30. The Kier molecular flexibility index (Phi) is 4.14. The fourth-order valence-corrected chi connectivity index (χ4v) is 2.47. The third-order valence-electron chi connectivity index (χ3n) is 3.80. The van der Waals surface area contributed by atoms with Crippen molar-refractivity contribution >= 4 is 22.4 Å². The van der Waals surface area contributed by atoms with Gasteiger partial charge in [-0.3, -0.25) is 4.68 Å². The van der Waals surface area contributed by atoms with Gasteiger partial charge in [0, 0.05) is 23.3 Å². The van der Waals surface area contributed by atoms with E-state index in [0.29, 0.717) is 11.7 Å². The van der Waals surface area contributed by atoms with Crippen molar-refractivity contribution in [2.24, 2.45) is 5.92 Å². The van der Waals surface area contributed by atoms with Crippen molar-refractivity contribution in [1.29, 1.82) is 0 Å². The molecule has 0 amide bonds. The van der Waals surface area contributed by atoms with Gasteiger partial charge >= 0.3 is 0 Å². The molecule has 0 fully saturated rings. The SMILES string of the molecule is CC(C)C(O)Cn1cc(-c2ccc3cnc(Cl)cc3c2)cn1. The van der Waals surface area contributed by atoms with Crippen LogP contribution in [0.4, 0.5) is 0 Å². The molecule has 0 saturated carbocycles. The van der Waals surface area contributed by atoms with Gasteiger partial charge in [0.2, 0.25) is 0 Å². The highest BCUT2D eigenvalue weighted by Crippen LogP contribution is 2.25. The summed E-state index contributed by atoms with van der Waals surface area (Å²) in [6.07, 6.45) is 5.14. The van der Waals surface area contributed by atoms with E-state index in [9.17, 15) is 5.11 Å². The van der Waals surface area contributed by atoms with Gasteiger partial charge in [0.05, 0.1) is 18.8 Å². The first-order valence-corrected chi connectivity index (χ1v) is 7.67. The lowest BCUT2D eigenvalue weighted by atomic mass is 10.1. The predicted octanol–water partition coefficient (Wildman–Crippen LogP) is 3.77. The minimum atomic E-state index is -0.394. The molecule has 0 aliphatic rings. The minimum Gasteiger partial charge on any atom is -0.391 e. The molecule has 22 heavy (non-hydrogen) atoms. The fourth-order valence-electron chi connectivity index (χ4n) is 2.31. The Balaban J connectivity index is 1.89. The van der Waals surface area contributed by atoms with Crippen molar-refractivity contribution in [3.63, 3.8) is 0 Å². The Morgan fingerprint density at radius 3 is 2.73 bits per heavy atom. The van der Waals surface area contributed by atoms with E-state index in [0.717, 1.165) is 21.9 Å². The maximum absolute atomic E-state index is 9.95. The van der Waals surface area contributed by atoms with E-state index in [4.69, 9.17) is 11.6 Å². The summed E-state index contributed by atoms with van der Waals surface area (Å²) >= 11 is 5.95. The minimum absolute atomic E-state index is 0.211. The molecule has 1 N–H and O–H groups in total. The second kappa shape index (κ2) is 6.07. The van der Waals surface area contributed by atoms with Gasteiger partial charge in [-0.15, -0.1) is 0 Å². The van der Waals surface area contributed by atoms with Gasteiger partial charge in [-0.25, -0.2) is 4.98 Å². The number of aromatic nitrogens is 3. The third kappa shape index (κ3) is 3.13. The fraction of sp³-hybridized carbons (Fsp3) is 0.294. The van der Waals surface area contributed by atoms with Crippen molar-refractivity contribution in [2.45, 2.75) is 26.5 Å². The average Bonchev–Trinajstić information content (AvgIpc) is 2.94. The summed E-state index contributed by atoms with van der Waals surface area (Å²) in [5.41, 5.74) is 2.09. The Morgan fingerprint density at radius 1 is 1.14 bits per heavy atom. The van der Waals surface area contributed by atoms with Crippen LogP contribution in [0.3, 0.4) is 0 Å². The van der Waals surface area contributed by atoms with Gasteiger partial charge in [-0.05, 0) is 29.0 Å². The van der Waals surface area contributed by atoms with Crippen LogP contribution in [0.15, 0.2) is 42.9 Å². The molecule has 5 heteroatoms. The first-order valence-electron chi connectivity index (χ1n) is 7.29. The van der Waals surface area contributed by atoms with Crippen LogP contribution in [0.1, 0.15) is 13.8 Å². The molecule has 4 nitrogen and oxygen atoms in total. The molecule has 0 aliphatic carbocycles. The summed E-state index contributed by atoms with van der Waals surface area (Å²) < 4.78 is 1.78. The van der Waals surface area contributed by atoms with Crippen LogP contribution < -0.4 is 0 Å². The van der Waals surface area contributed by atoms with E-state index in [1.165, 1.54) is 0 Å². The second-order valence-corrected chi connectivity index (χ2v) is 6.22. The zero-order chi connectivity index (χ0) is 15.7. The normalized spacial score (nSPS) is 13.0. The van der Waals surface area contributed by atoms with Crippen LogP contribution in [0.2, 0.25) is 5.15 Å². The van der Waals surface area contributed by atoms with Crippen molar-refractivity contribution in [3.05, 3.63) is 48.0 Å². The number of pyridine rings is 1. The summed E-state index contributed by atoms with van der Waals surface area (Å²) in [5, 5.41) is 16.9. The summed E-state index contributed by atoms with van der Waals surface area (Å²) in [6, 6.07) is 7.99. The van der Waals surface area contributed by atoms with Crippen LogP contribution in [0.5, 0.6) is 0 Å². The molecule has 0 radical (unpaired) electrons. The molecule has 3 aromatic rings. The summed E-state index contributed by atoms with van der Waals surface area (Å²) in [5.74, 6) is 0.211. The van der Waals surface area contributed by atoms with E-state index in [2.05, 4.69) is 16.1 Å². The van der Waals surface area contributed by atoms with Crippen molar-refractivity contribution < 1.29 is 5.11 Å². The standard InChI is InChI=1S/C17H18ClN3O/c1-11(2)16(22)10-21-9-15(8-20-21)12-3-4-13-7-19-17(18)6-14(13)5-12/h3-9,11,16,22H,10H2,1-2H3. The Labute approximate surface area is 134 Å². The molecule has 0 bridgehead atoms. The highest BCUT2D eigenvalue weighted by atomic mass is 35.5. The number of hydrogen-bond acceptors (Lipinski definition) is 3. The average molecular weight is 316 g/mol. The molecule has 3 rings (SSSR count). The number of benzene rings is 1. The summed E-state index contributed by atoms with van der Waals surface area (Å²) in [4.78, 5) is 4.08. The van der Waals surface area contributed by atoms with Crippen LogP contribution in [0.25, 0.3) is 21.9 Å². The Hall–Kier alpha value is -1.91. The predicted molar refractivity (Wildman–Crippen MR) is 88.8 cm³/mol. The van der Waals surface area contributed by atoms with Gasteiger partial charge in [0.15, 0.2) is 0 Å². The third-order valence-corrected chi connectivity index (χ3v) is 4.01. The lowest BCUT2D eigenvalue weighted by molar-refractivity contribution is 0.103. The van der Waals surface area contributed by atoms with E-state index >= 15 is 0 Å². The van der Waals surface area contributed by atoms with Crippen LogP contribution >= 0.6 is 11.6 Å². The topological polar surface area (TPSA) is 50.9 Å². The van der Waals surface area contributed by atoms with E-state index in [1.54, 1.807) is 10.9 Å². The van der Waals surface area contributed by atoms with Gasteiger partial charge in [-0.2, -0.15) is 5.10 Å². The van der Waals surface area contributed by atoms with Gasteiger partial charge < -0.3 is 5.11 Å². The smallest absolute Gasteiger partial charge is 0.129 e. The number of hydrogen-bond donors (Lipinski definition) is 1. The maximum Gasteiger partial charge on any atom is 0.129 e. The van der Waals surface area contributed by atoms with E-state index < -0.39 is 6.10 Å². The van der Waals surface area contributed by atoms with E-state index in [1.807, 2.05) is 44.4 Å². The highest BCUT2D eigenvalue weighted by Gasteiger charge is 2.11. The van der Waals surface area contributed by atoms with Crippen LogP contribution in [-0.2, 0) is 6.54 Å². The number of aliphatic hydroxyl groups excluding tert-OH is 1. The second-order valence-electron chi connectivity index (χ2n) is 5.83. The molecule has 1 atom stereocenters. The number of fused-ring (bicyclic) bond motifs is 1. The zero-order valence-corrected chi connectivity index (χ0v) is 13.3. The molecule has 0 aliphatic heterocycles. The molecule has 1 unspecified atom stereocenters. The largest absolute Gasteiger partial charge is 0.391 e. The molecular weight excluding hydrogens is 298 g/mol. The Morgan fingerprint density at radius 2 is 1.95 bits per heavy atom. The molecule has 2 heterocycles. The first kappa shape index (κ1) is 15.0. The molecule has 1 aromatic carbocycles. The monoisotopic (exact) mass is 315 g/mol. The molecule has 2 aromatic heterocycles. The summed E-state index contributed by atoms with van der Waals surface area (Å²) in [6.45, 7) is 4.49. The lowest BCUT2D eigenvalue weighted by Gasteiger charge is -2.13. The van der Waals surface area contributed by atoms with Gasteiger partial charge in [0.1, 0.15) is 5.15 Å². The lowest BCUT2D eigenvalue weighted by Crippen LogP contribution is -2.21. The van der Waals surface area contributed by atoms with Crippen LogP contribution in [-0.4, -0.2) is 26.0 Å². The number of halogens is 1. The van der Waals surface area contributed by atoms with Gasteiger partial charge in [-0.1, -0.05) is 37.6 Å². The zero-order valence-electron chi connectivity index (χ0n) is 12.6. The van der Waals surface area contributed by atoms with Gasteiger partial charge in [0.25, 0.3) is 0 Å². The molecular formula is C17H18ClN3O. The van der Waals surface area contributed by atoms with Crippen molar-refractivity contribution in [2.75, 3.05) is 0 Å².